The van der Waals surface area contributed by atoms with E-state index >= 15 is 0 Å². The zero-order chi connectivity index (χ0) is 9.84. The monoisotopic (exact) mass is 182 g/mol. The maximum absolute atomic E-state index is 11.3. The molecule has 3 nitrogen and oxygen atoms in total. The molecule has 0 bridgehead atoms. The summed E-state index contributed by atoms with van der Waals surface area (Å²) in [5.41, 5.74) is 0.631. The minimum absolute atomic E-state index is 0.0700. The van der Waals surface area contributed by atoms with Gasteiger partial charge in [0, 0.05) is 6.42 Å². The van der Waals surface area contributed by atoms with Gasteiger partial charge in [-0.25, -0.2) is 4.79 Å². The van der Waals surface area contributed by atoms with Gasteiger partial charge in [-0.3, -0.25) is 0 Å². The third kappa shape index (κ3) is 2.11. The molecule has 0 aromatic heterocycles. The first-order valence-corrected chi connectivity index (χ1v) is 4.35. The summed E-state index contributed by atoms with van der Waals surface area (Å²) in [6, 6.07) is 0. The van der Waals surface area contributed by atoms with Crippen molar-refractivity contribution in [2.24, 2.45) is 0 Å². The number of carbonyl (C=O) groups excluding carboxylic acids is 1. The van der Waals surface area contributed by atoms with E-state index < -0.39 is 0 Å². The van der Waals surface area contributed by atoms with E-state index in [1.165, 1.54) is 0 Å². The number of hydrogen-bond donors (Lipinski definition) is 0. The van der Waals surface area contributed by atoms with Crippen LogP contribution in [0.15, 0.2) is 24.0 Å². The summed E-state index contributed by atoms with van der Waals surface area (Å²) in [6.45, 7) is 7.57. The van der Waals surface area contributed by atoms with Gasteiger partial charge in [-0.05, 0) is 13.8 Å². The Morgan fingerprint density at radius 2 is 2.54 bits per heavy atom. The molecule has 0 radical (unpaired) electrons. The lowest BCUT2D eigenvalue weighted by molar-refractivity contribution is -0.138. The van der Waals surface area contributed by atoms with Gasteiger partial charge in [0.25, 0.3) is 0 Å². The Kier molecular flexibility index (Phi) is 3.12. The molecule has 1 heterocycles. The van der Waals surface area contributed by atoms with Crippen molar-refractivity contribution in [3.63, 3.8) is 0 Å². The highest BCUT2D eigenvalue weighted by Gasteiger charge is 2.26. The molecule has 0 aliphatic carbocycles. The standard InChI is InChI=1S/C10H14O3/c1-4-8-6-9(7(3)13-8)10(11)12-5-2/h4,8H,1,5-6H2,2-3H3. The molecule has 1 aliphatic rings. The molecule has 0 saturated heterocycles. The van der Waals surface area contributed by atoms with Crippen molar-refractivity contribution in [2.75, 3.05) is 6.61 Å². The van der Waals surface area contributed by atoms with Gasteiger partial charge in [0.15, 0.2) is 0 Å². The van der Waals surface area contributed by atoms with Crippen LogP contribution >= 0.6 is 0 Å². The first-order chi connectivity index (χ1) is 6.19. The summed E-state index contributed by atoms with van der Waals surface area (Å²) in [6.07, 6.45) is 2.20. The molecule has 1 atom stereocenters. The summed E-state index contributed by atoms with van der Waals surface area (Å²) in [7, 11) is 0. The number of ether oxygens (including phenoxy) is 2. The van der Waals surface area contributed by atoms with E-state index in [1.54, 1.807) is 19.9 Å². The van der Waals surface area contributed by atoms with Crippen molar-refractivity contribution < 1.29 is 14.3 Å². The Labute approximate surface area is 78.0 Å². The van der Waals surface area contributed by atoms with Gasteiger partial charge < -0.3 is 9.47 Å². The summed E-state index contributed by atoms with van der Waals surface area (Å²) >= 11 is 0. The van der Waals surface area contributed by atoms with Crippen LogP contribution in [0.25, 0.3) is 0 Å². The van der Waals surface area contributed by atoms with E-state index in [4.69, 9.17) is 9.47 Å². The summed E-state index contributed by atoms with van der Waals surface area (Å²) in [5.74, 6) is 0.382. The Hall–Kier alpha value is -1.25. The van der Waals surface area contributed by atoms with Gasteiger partial charge in [-0.15, -0.1) is 0 Å². The number of allylic oxidation sites excluding steroid dienone is 1. The molecule has 0 aromatic rings. The second-order valence-corrected chi connectivity index (χ2v) is 2.85. The quantitative estimate of drug-likeness (QED) is 0.493. The third-order valence-electron chi connectivity index (χ3n) is 1.94. The maximum Gasteiger partial charge on any atom is 0.337 e. The minimum Gasteiger partial charge on any atom is -0.490 e. The Morgan fingerprint density at radius 3 is 3.00 bits per heavy atom. The number of carbonyl (C=O) groups is 1. The molecule has 0 N–H and O–H groups in total. The molecule has 13 heavy (non-hydrogen) atoms. The topological polar surface area (TPSA) is 35.5 Å². The molecule has 0 aromatic carbocycles. The third-order valence-corrected chi connectivity index (χ3v) is 1.94. The SMILES string of the molecule is C=CC1CC(C(=O)OCC)=C(C)O1. The van der Waals surface area contributed by atoms with E-state index in [2.05, 4.69) is 6.58 Å². The van der Waals surface area contributed by atoms with Crippen LogP contribution in [0.1, 0.15) is 20.3 Å². The molecule has 1 unspecified atom stereocenters. The zero-order valence-electron chi connectivity index (χ0n) is 8.00. The molecule has 1 aliphatic heterocycles. The summed E-state index contributed by atoms with van der Waals surface area (Å²) in [4.78, 5) is 11.3. The van der Waals surface area contributed by atoms with Gasteiger partial charge in [0.2, 0.25) is 0 Å². The van der Waals surface area contributed by atoms with Crippen LogP contribution in [0, 0.1) is 0 Å². The molecule has 0 amide bonds. The van der Waals surface area contributed by atoms with Crippen molar-refractivity contribution >= 4 is 5.97 Å². The first kappa shape index (κ1) is 9.84. The van der Waals surface area contributed by atoms with Crippen LogP contribution < -0.4 is 0 Å². The van der Waals surface area contributed by atoms with E-state index in [1.807, 2.05) is 0 Å². The van der Waals surface area contributed by atoms with Gasteiger partial charge in [0.1, 0.15) is 11.9 Å². The number of esters is 1. The molecule has 1 rings (SSSR count). The van der Waals surface area contributed by atoms with Crippen molar-refractivity contribution in [1.82, 2.24) is 0 Å². The largest absolute Gasteiger partial charge is 0.490 e. The van der Waals surface area contributed by atoms with E-state index in [0.29, 0.717) is 24.4 Å². The molecule has 0 spiro atoms. The second-order valence-electron chi connectivity index (χ2n) is 2.85. The van der Waals surface area contributed by atoms with Gasteiger partial charge >= 0.3 is 5.97 Å². The lowest BCUT2D eigenvalue weighted by Crippen LogP contribution is -2.08. The predicted octanol–water partition coefficient (Wildman–Crippen LogP) is 1.80. The van der Waals surface area contributed by atoms with Crippen LogP contribution in [-0.2, 0) is 14.3 Å². The fourth-order valence-electron chi connectivity index (χ4n) is 1.26. The Balaban J connectivity index is 2.64. The van der Waals surface area contributed by atoms with Crippen molar-refractivity contribution in [1.29, 1.82) is 0 Å². The Morgan fingerprint density at radius 1 is 1.85 bits per heavy atom. The van der Waals surface area contributed by atoms with E-state index in [-0.39, 0.29) is 12.1 Å². The first-order valence-electron chi connectivity index (χ1n) is 4.35. The van der Waals surface area contributed by atoms with Crippen molar-refractivity contribution in [2.45, 2.75) is 26.4 Å². The highest BCUT2D eigenvalue weighted by molar-refractivity contribution is 5.89. The number of rotatable bonds is 3. The maximum atomic E-state index is 11.3. The van der Waals surface area contributed by atoms with Crippen LogP contribution in [0.5, 0.6) is 0 Å². The lowest BCUT2D eigenvalue weighted by Gasteiger charge is -2.03. The second kappa shape index (κ2) is 4.12. The smallest absolute Gasteiger partial charge is 0.337 e. The fraction of sp³-hybridized carbons (Fsp3) is 0.500. The molecule has 0 fully saturated rings. The predicted molar refractivity (Wildman–Crippen MR) is 49.0 cm³/mol. The van der Waals surface area contributed by atoms with Gasteiger partial charge in [-0.2, -0.15) is 0 Å². The average molecular weight is 182 g/mol. The molecule has 3 heteroatoms. The van der Waals surface area contributed by atoms with E-state index in [0.717, 1.165) is 0 Å². The normalized spacial score (nSPS) is 21.2. The lowest BCUT2D eigenvalue weighted by atomic mass is 10.1. The van der Waals surface area contributed by atoms with Gasteiger partial charge in [0.05, 0.1) is 12.2 Å². The minimum atomic E-state index is -0.274. The molecule has 0 saturated carbocycles. The average Bonchev–Trinajstić information content (AvgIpc) is 2.47. The van der Waals surface area contributed by atoms with Crippen molar-refractivity contribution in [3.05, 3.63) is 24.0 Å². The van der Waals surface area contributed by atoms with Gasteiger partial charge in [-0.1, -0.05) is 12.7 Å². The molecular formula is C10H14O3. The molecule has 72 valence electrons. The van der Waals surface area contributed by atoms with E-state index in [9.17, 15) is 4.79 Å². The highest BCUT2D eigenvalue weighted by atomic mass is 16.5. The molecular weight excluding hydrogens is 168 g/mol. The fourth-order valence-corrected chi connectivity index (χ4v) is 1.26. The van der Waals surface area contributed by atoms with Crippen molar-refractivity contribution in [3.8, 4) is 0 Å². The Bertz CT molecular complexity index is 253. The van der Waals surface area contributed by atoms with Crippen LogP contribution in [0.3, 0.4) is 0 Å². The van der Waals surface area contributed by atoms with Crippen LogP contribution in [0.2, 0.25) is 0 Å². The summed E-state index contributed by atoms with van der Waals surface area (Å²) < 4.78 is 10.2. The summed E-state index contributed by atoms with van der Waals surface area (Å²) in [5, 5.41) is 0. The van der Waals surface area contributed by atoms with Crippen LogP contribution in [0.4, 0.5) is 0 Å². The highest BCUT2D eigenvalue weighted by Crippen LogP contribution is 2.25. The van der Waals surface area contributed by atoms with Crippen LogP contribution in [-0.4, -0.2) is 18.7 Å². The number of hydrogen-bond acceptors (Lipinski definition) is 3. The zero-order valence-corrected chi connectivity index (χ0v) is 8.00.